The second kappa shape index (κ2) is 6.64. The fourth-order valence-corrected chi connectivity index (χ4v) is 3.85. The fourth-order valence-electron chi connectivity index (χ4n) is 2.95. The van der Waals surface area contributed by atoms with E-state index >= 15 is 0 Å². The molecule has 1 aliphatic carbocycles. The molecule has 0 bridgehead atoms. The number of carbonyl (C=O) groups excluding carboxylic acids is 1. The lowest BCUT2D eigenvalue weighted by molar-refractivity contribution is -0.122. The fraction of sp³-hybridized carbons (Fsp3) is 0.600. The summed E-state index contributed by atoms with van der Waals surface area (Å²) in [6.07, 6.45) is 9.51. The van der Waals surface area contributed by atoms with Crippen LogP contribution in [0.5, 0.6) is 0 Å². The standard InChI is InChI=1S/C15H21N5OS/c1-15(6-3-2-4-7-15)20-11(21)5-8-22-14-12-13(17-9-16-12)18-10-19-14/h9-10H,2-8H2,1H3,(H,20,21)(H,16,17,18,19). The molecule has 0 aliphatic heterocycles. The summed E-state index contributed by atoms with van der Waals surface area (Å²) in [5.74, 6) is 0.833. The van der Waals surface area contributed by atoms with E-state index in [0.29, 0.717) is 17.8 Å². The van der Waals surface area contributed by atoms with Crippen LogP contribution in [-0.4, -0.2) is 37.1 Å². The number of nitrogens with zero attached hydrogens (tertiary/aromatic N) is 3. The molecule has 0 atom stereocenters. The predicted molar refractivity (Wildman–Crippen MR) is 86.7 cm³/mol. The summed E-state index contributed by atoms with van der Waals surface area (Å²) in [5.41, 5.74) is 1.50. The molecule has 22 heavy (non-hydrogen) atoms. The van der Waals surface area contributed by atoms with Crippen molar-refractivity contribution in [2.24, 2.45) is 0 Å². The van der Waals surface area contributed by atoms with Gasteiger partial charge >= 0.3 is 0 Å². The number of rotatable bonds is 5. The Labute approximate surface area is 133 Å². The summed E-state index contributed by atoms with van der Waals surface area (Å²) < 4.78 is 0. The van der Waals surface area contributed by atoms with Gasteiger partial charge in [-0.15, -0.1) is 11.8 Å². The van der Waals surface area contributed by atoms with E-state index in [9.17, 15) is 4.79 Å². The second-order valence-corrected chi connectivity index (χ2v) is 7.13. The number of hydrogen-bond acceptors (Lipinski definition) is 5. The molecule has 1 saturated carbocycles. The van der Waals surface area contributed by atoms with Crippen LogP contribution in [-0.2, 0) is 4.79 Å². The van der Waals surface area contributed by atoms with Gasteiger partial charge < -0.3 is 10.3 Å². The molecule has 2 heterocycles. The zero-order valence-electron chi connectivity index (χ0n) is 12.8. The van der Waals surface area contributed by atoms with Crippen molar-refractivity contribution in [2.75, 3.05) is 5.75 Å². The summed E-state index contributed by atoms with van der Waals surface area (Å²) in [6.45, 7) is 2.16. The average molecular weight is 319 g/mol. The van der Waals surface area contributed by atoms with Crippen LogP contribution in [0.4, 0.5) is 0 Å². The molecule has 1 aliphatic rings. The number of imidazole rings is 1. The molecule has 3 rings (SSSR count). The minimum atomic E-state index is -0.00837. The molecule has 2 aromatic heterocycles. The summed E-state index contributed by atoms with van der Waals surface area (Å²) in [7, 11) is 0. The summed E-state index contributed by atoms with van der Waals surface area (Å²) >= 11 is 1.56. The highest BCUT2D eigenvalue weighted by Gasteiger charge is 2.27. The largest absolute Gasteiger partial charge is 0.351 e. The van der Waals surface area contributed by atoms with Crippen LogP contribution < -0.4 is 5.32 Å². The minimum Gasteiger partial charge on any atom is -0.351 e. The molecular weight excluding hydrogens is 298 g/mol. The Bertz CT molecular complexity index is 650. The topological polar surface area (TPSA) is 83.6 Å². The minimum absolute atomic E-state index is 0.00837. The van der Waals surface area contributed by atoms with E-state index in [0.717, 1.165) is 23.4 Å². The van der Waals surface area contributed by atoms with Crippen LogP contribution in [0.25, 0.3) is 11.2 Å². The van der Waals surface area contributed by atoms with Crippen molar-refractivity contribution in [3.63, 3.8) is 0 Å². The Morgan fingerprint density at radius 1 is 1.32 bits per heavy atom. The Kier molecular flexibility index (Phi) is 4.61. The van der Waals surface area contributed by atoms with Crippen molar-refractivity contribution >= 4 is 28.8 Å². The number of aromatic amines is 1. The van der Waals surface area contributed by atoms with Crippen LogP contribution in [0.3, 0.4) is 0 Å². The highest BCUT2D eigenvalue weighted by atomic mass is 32.2. The third kappa shape index (κ3) is 3.58. The van der Waals surface area contributed by atoms with Gasteiger partial charge in [0.2, 0.25) is 5.91 Å². The second-order valence-electron chi connectivity index (χ2n) is 6.05. The lowest BCUT2D eigenvalue weighted by Crippen LogP contribution is -2.47. The zero-order chi connectivity index (χ0) is 15.4. The monoisotopic (exact) mass is 319 g/mol. The van der Waals surface area contributed by atoms with Crippen molar-refractivity contribution < 1.29 is 4.79 Å². The van der Waals surface area contributed by atoms with E-state index in [1.54, 1.807) is 18.1 Å². The van der Waals surface area contributed by atoms with Crippen molar-refractivity contribution in [1.29, 1.82) is 0 Å². The first-order chi connectivity index (χ1) is 10.7. The van der Waals surface area contributed by atoms with Crippen molar-refractivity contribution in [3.05, 3.63) is 12.7 Å². The molecule has 7 heteroatoms. The van der Waals surface area contributed by atoms with E-state index in [4.69, 9.17) is 0 Å². The van der Waals surface area contributed by atoms with Crippen LogP contribution in [0.15, 0.2) is 17.7 Å². The van der Waals surface area contributed by atoms with Gasteiger partial charge in [0.15, 0.2) is 5.65 Å². The number of amides is 1. The average Bonchev–Trinajstić information content (AvgIpc) is 2.97. The Morgan fingerprint density at radius 3 is 2.95 bits per heavy atom. The lowest BCUT2D eigenvalue weighted by atomic mass is 9.83. The van der Waals surface area contributed by atoms with E-state index in [1.165, 1.54) is 25.6 Å². The van der Waals surface area contributed by atoms with Gasteiger partial charge in [-0.25, -0.2) is 15.0 Å². The molecule has 1 amide bonds. The number of fused-ring (bicyclic) bond motifs is 1. The van der Waals surface area contributed by atoms with Crippen LogP contribution in [0, 0.1) is 0 Å². The molecule has 0 unspecified atom stereocenters. The van der Waals surface area contributed by atoms with Gasteiger partial charge in [-0.2, -0.15) is 0 Å². The molecule has 0 radical (unpaired) electrons. The maximum Gasteiger partial charge on any atom is 0.221 e. The van der Waals surface area contributed by atoms with Gasteiger partial charge in [-0.3, -0.25) is 4.79 Å². The van der Waals surface area contributed by atoms with Crippen LogP contribution in [0.2, 0.25) is 0 Å². The first-order valence-corrected chi connectivity index (χ1v) is 8.73. The van der Waals surface area contributed by atoms with E-state index in [-0.39, 0.29) is 11.4 Å². The maximum atomic E-state index is 12.1. The third-order valence-electron chi connectivity index (χ3n) is 4.15. The van der Waals surface area contributed by atoms with Gasteiger partial charge in [0.05, 0.1) is 6.33 Å². The number of nitrogens with one attached hydrogen (secondary N) is 2. The molecule has 1 fully saturated rings. The molecule has 0 saturated heterocycles. The molecule has 2 aromatic rings. The van der Waals surface area contributed by atoms with Crippen molar-refractivity contribution in [3.8, 4) is 0 Å². The van der Waals surface area contributed by atoms with Gasteiger partial charge in [0, 0.05) is 17.7 Å². The molecule has 118 valence electrons. The molecule has 6 nitrogen and oxygen atoms in total. The number of H-pyrrole nitrogens is 1. The molecule has 0 aromatic carbocycles. The van der Waals surface area contributed by atoms with Crippen molar-refractivity contribution in [2.45, 2.75) is 56.0 Å². The summed E-state index contributed by atoms with van der Waals surface area (Å²) in [4.78, 5) is 27.6. The van der Waals surface area contributed by atoms with Crippen LogP contribution >= 0.6 is 11.8 Å². The van der Waals surface area contributed by atoms with E-state index in [2.05, 4.69) is 32.2 Å². The Balaban J connectivity index is 1.50. The van der Waals surface area contributed by atoms with Crippen molar-refractivity contribution in [1.82, 2.24) is 25.3 Å². The van der Waals surface area contributed by atoms with E-state index in [1.807, 2.05) is 0 Å². The highest BCUT2D eigenvalue weighted by Crippen LogP contribution is 2.28. The predicted octanol–water partition coefficient (Wildman–Crippen LogP) is 2.67. The summed E-state index contributed by atoms with van der Waals surface area (Å²) in [5, 5.41) is 4.05. The smallest absolute Gasteiger partial charge is 0.221 e. The first-order valence-electron chi connectivity index (χ1n) is 7.74. The highest BCUT2D eigenvalue weighted by molar-refractivity contribution is 7.99. The third-order valence-corrected chi connectivity index (χ3v) is 5.15. The maximum absolute atomic E-state index is 12.1. The van der Waals surface area contributed by atoms with E-state index < -0.39 is 0 Å². The Morgan fingerprint density at radius 2 is 2.14 bits per heavy atom. The van der Waals surface area contributed by atoms with Gasteiger partial charge in [-0.1, -0.05) is 19.3 Å². The molecule has 0 spiro atoms. The van der Waals surface area contributed by atoms with Crippen LogP contribution in [0.1, 0.15) is 45.4 Å². The zero-order valence-corrected chi connectivity index (χ0v) is 13.6. The molecule has 2 N–H and O–H groups in total. The van der Waals surface area contributed by atoms with Gasteiger partial charge in [0.25, 0.3) is 0 Å². The first kappa shape index (κ1) is 15.3. The molecular formula is C15H21N5OS. The number of carbonyl (C=O) groups is 1. The quantitative estimate of drug-likeness (QED) is 0.654. The number of thioether (sulfide) groups is 1. The number of hydrogen-bond donors (Lipinski definition) is 2. The number of aromatic nitrogens is 4. The van der Waals surface area contributed by atoms with Gasteiger partial charge in [-0.05, 0) is 19.8 Å². The Hall–Kier alpha value is -1.63. The summed E-state index contributed by atoms with van der Waals surface area (Å²) in [6, 6.07) is 0. The lowest BCUT2D eigenvalue weighted by Gasteiger charge is -2.34. The van der Waals surface area contributed by atoms with Gasteiger partial charge in [0.1, 0.15) is 16.9 Å². The normalized spacial score (nSPS) is 17.5. The SMILES string of the molecule is CC1(NC(=O)CCSc2ncnc3nc[nH]c23)CCCCC1.